The Balaban J connectivity index is 1.32. The Hall–Kier alpha value is -13.5. The summed E-state index contributed by atoms with van der Waals surface area (Å²) in [7, 11) is 0. The first-order valence-electron chi connectivity index (χ1n) is 30.7. The summed E-state index contributed by atoms with van der Waals surface area (Å²) in [4.78, 5) is 45.0. The van der Waals surface area contributed by atoms with Gasteiger partial charge in [0.1, 0.15) is 11.1 Å². The number of aromatic amines is 3. The lowest BCUT2D eigenvalue weighted by Crippen LogP contribution is -2.44. The van der Waals surface area contributed by atoms with Crippen LogP contribution >= 0.6 is 0 Å². The van der Waals surface area contributed by atoms with Gasteiger partial charge in [-0.15, -0.1) is 0 Å². The lowest BCUT2D eigenvalue weighted by Gasteiger charge is -2.13. The normalized spacial score (nSPS) is 13.5. The molecule has 116 heavy (non-hydrogen) atoms. The van der Waals surface area contributed by atoms with Crippen molar-refractivity contribution in [2.75, 3.05) is 0 Å². The molecule has 7 heterocycles. The van der Waals surface area contributed by atoms with Crippen molar-refractivity contribution >= 4 is 58.1 Å². The fourth-order valence-corrected chi connectivity index (χ4v) is 12.5. The van der Waals surface area contributed by atoms with E-state index < -0.39 is 360 Å². The number of H-pyrrole nitrogens is 3. The Morgan fingerprint density at radius 1 is 0.224 bits per heavy atom. The predicted octanol–water partition coefficient (Wildman–Crippen LogP) is 18.5. The number of aromatic nitrogens is 4. The summed E-state index contributed by atoms with van der Waals surface area (Å²) in [6.07, 6.45) is -0.0638. The first-order valence-corrected chi connectivity index (χ1v) is 30.7. The Morgan fingerprint density at radius 3 is 0.750 bits per heavy atom. The summed E-state index contributed by atoms with van der Waals surface area (Å²) in [6, 6.07) is 0.833. The maximum Gasteiger partial charge on any atom is 0.215 e. The highest BCUT2D eigenvalue weighted by molar-refractivity contribution is 6.10. The molecule has 3 aliphatic rings. The van der Waals surface area contributed by atoms with Crippen LogP contribution in [0.4, 0.5) is 154 Å². The Kier molecular flexibility index (Phi) is 19.1. The molecule has 0 saturated carbocycles. The van der Waals surface area contributed by atoms with E-state index in [-0.39, 0.29) is 60.7 Å². The molecule has 0 amide bonds. The van der Waals surface area contributed by atoms with E-state index in [9.17, 15) is 40.3 Å². The summed E-state index contributed by atoms with van der Waals surface area (Å²) in [5, 5.41) is -8.09. The third-order valence-electron chi connectivity index (χ3n) is 17.8. The summed E-state index contributed by atoms with van der Waals surface area (Å²) >= 11 is 0. The van der Waals surface area contributed by atoms with Gasteiger partial charge in [0.05, 0.1) is 72.7 Å². The minimum absolute atomic E-state index is 0.0873. The van der Waals surface area contributed by atoms with Crippen LogP contribution < -0.4 is 21.2 Å². The van der Waals surface area contributed by atoms with E-state index in [1.165, 1.54) is 0 Å². The zero-order chi connectivity index (χ0) is 84.7. The molecule has 0 saturated heterocycles. The molecule has 592 valence electrons. The van der Waals surface area contributed by atoms with Gasteiger partial charge in [0.15, 0.2) is 163 Å². The van der Waals surface area contributed by atoms with Gasteiger partial charge >= 0.3 is 0 Å². The number of nitrogens with zero attached hydrogens (tertiary/aromatic N) is 3. The Morgan fingerprint density at radius 2 is 0.448 bits per heavy atom. The van der Waals surface area contributed by atoms with E-state index in [1.54, 1.807) is 9.97 Å². The van der Waals surface area contributed by atoms with Crippen LogP contribution in [-0.2, 0) is 0 Å². The number of nitrogens with one attached hydrogen (secondary N) is 3. The highest BCUT2D eigenvalue weighted by Gasteiger charge is 2.41. The van der Waals surface area contributed by atoms with Gasteiger partial charge < -0.3 is 15.0 Å². The highest BCUT2D eigenvalue weighted by Crippen LogP contribution is 2.44. The molecule has 43 heteroatoms. The molecule has 3 aliphatic heterocycles. The van der Waals surface area contributed by atoms with Crippen LogP contribution in [0.1, 0.15) is 66.0 Å². The van der Waals surface area contributed by atoms with Crippen LogP contribution in [0.2, 0.25) is 0 Å². The third-order valence-corrected chi connectivity index (χ3v) is 17.8. The molecular formula is C73H13F35N6O2. The molecule has 0 fully saturated rings. The van der Waals surface area contributed by atoms with Crippen LogP contribution in [0.5, 0.6) is 0 Å². The molecular weight excluding hydrogens is 1660 g/mol. The first kappa shape index (κ1) is 79.1. The summed E-state index contributed by atoms with van der Waals surface area (Å²) in [6.45, 7) is 0. The summed E-state index contributed by atoms with van der Waals surface area (Å²) in [5.74, 6) is -113. The van der Waals surface area contributed by atoms with Gasteiger partial charge in [-0.1, -0.05) is 0 Å². The monoisotopic (exact) mass is 1670 g/mol. The number of hydrogen-bond donors (Lipinski definition) is 3. The van der Waals surface area contributed by atoms with E-state index in [4.69, 9.17) is 0 Å². The average molecular weight is 1670 g/mol. The number of rotatable bonds is 11. The average Bonchev–Trinajstić information content (AvgIpc) is 1.55. The highest BCUT2D eigenvalue weighted by atomic mass is 19.2. The molecule has 3 N–H and O–H groups in total. The van der Waals surface area contributed by atoms with Gasteiger partial charge in [-0.2, -0.15) is 0 Å². The van der Waals surface area contributed by atoms with E-state index in [0.717, 1.165) is 0 Å². The van der Waals surface area contributed by atoms with E-state index in [0.29, 0.717) is 0 Å². The van der Waals surface area contributed by atoms with Crippen LogP contribution in [0.3, 0.4) is 0 Å². The fourth-order valence-electron chi connectivity index (χ4n) is 12.5. The van der Waals surface area contributed by atoms with Crippen LogP contribution in [0.15, 0.2) is 57.8 Å². The van der Waals surface area contributed by atoms with Crippen molar-refractivity contribution in [2.24, 2.45) is 9.98 Å². The molecule has 0 radical (unpaired) electrons. The molecule has 0 aliphatic carbocycles. The second-order valence-electron chi connectivity index (χ2n) is 24.0. The number of fused-ring (bicyclic) bond motifs is 7. The topological polar surface area (TPSA) is 119 Å². The second-order valence-corrected chi connectivity index (χ2v) is 24.0. The van der Waals surface area contributed by atoms with Crippen LogP contribution in [0, 0.1) is 204 Å². The predicted molar refractivity (Wildman–Crippen MR) is 323 cm³/mol. The van der Waals surface area contributed by atoms with Crippen molar-refractivity contribution in [1.29, 1.82) is 0 Å². The third kappa shape index (κ3) is 11.5. The minimum atomic E-state index is -3.23. The summed E-state index contributed by atoms with van der Waals surface area (Å²) < 4.78 is 555. The molecule has 4 aromatic heterocycles. The van der Waals surface area contributed by atoms with Gasteiger partial charge in [0, 0.05) is 60.7 Å². The van der Waals surface area contributed by atoms with Crippen molar-refractivity contribution in [2.45, 2.75) is 0 Å². The molecule has 0 spiro atoms. The summed E-state index contributed by atoms with van der Waals surface area (Å²) in [5.41, 5.74) is -44.6. The van der Waals surface area contributed by atoms with Gasteiger partial charge in [0.2, 0.25) is 52.3 Å². The zero-order valence-corrected chi connectivity index (χ0v) is 54.2. The van der Waals surface area contributed by atoms with Crippen molar-refractivity contribution in [3.05, 3.63) is 329 Å². The van der Waals surface area contributed by atoms with E-state index in [2.05, 4.69) is 15.0 Å². The maximum absolute atomic E-state index is 17.3. The largest absolute Gasteiger partial charge is 0.354 e. The van der Waals surface area contributed by atoms with Crippen LogP contribution in [0.25, 0.3) is 79.9 Å². The lowest BCUT2D eigenvalue weighted by atomic mass is 9.96. The molecule has 0 unspecified atom stereocenters. The van der Waals surface area contributed by atoms with Crippen molar-refractivity contribution in [3.8, 4) is 33.4 Å². The number of halogens is 35. The molecule has 4 bridgehead atoms. The van der Waals surface area contributed by atoms with Crippen molar-refractivity contribution in [1.82, 2.24) is 19.9 Å². The van der Waals surface area contributed by atoms with Gasteiger partial charge in [-0.25, -0.2) is 169 Å². The molecule has 8 nitrogen and oxygen atoms in total. The smallest absolute Gasteiger partial charge is 0.215 e. The Bertz CT molecular complexity index is 6810. The maximum atomic E-state index is 17.3. The number of benzene rings is 7. The van der Waals surface area contributed by atoms with E-state index >= 15 is 123 Å². The number of ketones is 2. The van der Waals surface area contributed by atoms with Gasteiger partial charge in [0.25, 0.3) is 0 Å². The van der Waals surface area contributed by atoms with Gasteiger partial charge in [-0.3, -0.25) is 9.59 Å². The zero-order valence-electron chi connectivity index (χ0n) is 54.2. The SMILES string of the molecule is O=C(c1ccc(/C(=C2/C=c3c(-c4c(F)c(F)c(F)c(F)c4F)c4ccc([nH]4)c(-c4c(F)c(F)c(F)c(F)c4F)c4nc(c(-c5c(F)c(F)c(F)c(F)c5F)c5c(c3=N2)=N/C(=C(/c2ccc(C(=O)c3c(F)c(F)c(F)c(F)c3F)[nH]2)c2c(F)c(F)c(F)c(F)c2F)C=5)C=C4)c2c(F)c(F)c(F)c(F)c2F)[nH]1)c1c(F)c(F)c(F)c(F)c1F. The Labute approximate surface area is 612 Å². The van der Waals surface area contributed by atoms with E-state index in [1.807, 2.05) is 4.98 Å². The minimum Gasteiger partial charge on any atom is -0.354 e. The fraction of sp³-hybridized carbons (Fsp3) is 0. The number of carbonyl (C=O) groups excluding carboxylic acids is 2. The second kappa shape index (κ2) is 27.9. The molecule has 0 atom stereocenters. The standard InChI is InChI=1S/C73H13F35N6O2/c74-35-28(36(75)50(89)63(102)49(35)88)23-11-9-21(26(31-41(80)55(94)66(105)56(95)42(31)81)17-5-7-19(111-17)72(115)33-45(84)59(98)68(107)60(99)46(33)85)113-70(11)71-12(10-22(114-71)27(32-43(82)57(96)67(106)58(97)44(32)83)18-6-8-20(112-18)73(116)34-47(86)61(100)69(108)62(101)48(34)87)24(29-37(76)51(90)64(103)52(91)38(29)77)14-2-4-16(110-14)25(15-3-1-13(23)109-15)30-39(78)53(92)65(104)54(93)40(30)79/h1-10,109,111-112H/b23-13?,24-14?,25-15?,26-21+,27-22-. The lowest BCUT2D eigenvalue weighted by molar-refractivity contribution is 0.101. The first-order chi connectivity index (χ1) is 54.5. The molecule has 11 aromatic rings. The molecule has 14 rings (SSSR count). The molecule has 7 aromatic carbocycles. The van der Waals surface area contributed by atoms with Crippen molar-refractivity contribution in [3.63, 3.8) is 0 Å². The number of allylic oxidation sites excluding steroid dienone is 2. The van der Waals surface area contributed by atoms with Gasteiger partial charge in [-0.05, 0) is 60.7 Å². The van der Waals surface area contributed by atoms with Crippen LogP contribution in [-0.4, -0.2) is 31.5 Å². The number of carbonyl (C=O) groups is 2. The number of hydrogen-bond acceptors (Lipinski definition) is 5. The quantitative estimate of drug-likeness (QED) is 0.0518. The van der Waals surface area contributed by atoms with Crippen molar-refractivity contribution < 1.29 is 163 Å².